The highest BCUT2D eigenvalue weighted by molar-refractivity contribution is 5.81. The fourth-order valence-electron chi connectivity index (χ4n) is 1.50. The number of amides is 1. The highest BCUT2D eigenvalue weighted by Crippen LogP contribution is 2.10. The zero-order valence-corrected chi connectivity index (χ0v) is 10.1. The summed E-state index contributed by atoms with van der Waals surface area (Å²) < 4.78 is 0. The molecule has 3 N–H and O–H groups in total. The first-order valence-corrected chi connectivity index (χ1v) is 5.70. The van der Waals surface area contributed by atoms with Crippen LogP contribution in [0.15, 0.2) is 0 Å². The van der Waals surface area contributed by atoms with Crippen LogP contribution in [0.3, 0.4) is 0 Å². The van der Waals surface area contributed by atoms with E-state index in [-0.39, 0.29) is 12.5 Å². The molecule has 5 nitrogen and oxygen atoms in total. The zero-order valence-electron chi connectivity index (χ0n) is 10.1. The molecule has 1 atom stereocenters. The van der Waals surface area contributed by atoms with Crippen LogP contribution in [0.4, 0.5) is 0 Å². The molecule has 0 aliphatic heterocycles. The van der Waals surface area contributed by atoms with Gasteiger partial charge in [-0.05, 0) is 32.2 Å². The lowest BCUT2D eigenvalue weighted by molar-refractivity contribution is -0.144. The third-order valence-corrected chi connectivity index (χ3v) is 2.57. The van der Waals surface area contributed by atoms with Gasteiger partial charge in [0.15, 0.2) is 0 Å². The Kier molecular flexibility index (Phi) is 7.54. The summed E-state index contributed by atoms with van der Waals surface area (Å²) in [6.07, 6.45) is 2.08. The summed E-state index contributed by atoms with van der Waals surface area (Å²) in [5, 5.41) is 8.62. The Labute approximate surface area is 96.6 Å². The van der Waals surface area contributed by atoms with E-state index in [0.717, 1.165) is 12.8 Å². The van der Waals surface area contributed by atoms with E-state index in [9.17, 15) is 9.59 Å². The summed E-state index contributed by atoms with van der Waals surface area (Å²) in [4.78, 5) is 23.5. The van der Waals surface area contributed by atoms with E-state index in [1.165, 1.54) is 4.90 Å². The zero-order chi connectivity index (χ0) is 12.6. The van der Waals surface area contributed by atoms with E-state index in [1.807, 2.05) is 6.92 Å². The predicted molar refractivity (Wildman–Crippen MR) is 62.0 cm³/mol. The van der Waals surface area contributed by atoms with Crippen molar-refractivity contribution in [2.45, 2.75) is 33.1 Å². The Hall–Kier alpha value is -1.10. The first-order chi connectivity index (χ1) is 7.51. The summed E-state index contributed by atoms with van der Waals surface area (Å²) in [7, 11) is 0. The van der Waals surface area contributed by atoms with Crippen LogP contribution < -0.4 is 5.73 Å². The Morgan fingerprint density at radius 2 is 2.00 bits per heavy atom. The minimum absolute atomic E-state index is 0.0891. The first-order valence-electron chi connectivity index (χ1n) is 5.70. The molecule has 1 amide bonds. The van der Waals surface area contributed by atoms with E-state index in [4.69, 9.17) is 10.8 Å². The van der Waals surface area contributed by atoms with Crippen LogP contribution in [0.5, 0.6) is 0 Å². The van der Waals surface area contributed by atoms with Crippen LogP contribution in [0, 0.1) is 5.92 Å². The van der Waals surface area contributed by atoms with Crippen molar-refractivity contribution in [1.29, 1.82) is 0 Å². The third-order valence-electron chi connectivity index (χ3n) is 2.57. The van der Waals surface area contributed by atoms with Gasteiger partial charge in [-0.25, -0.2) is 0 Å². The molecule has 0 saturated carbocycles. The second-order valence-corrected chi connectivity index (χ2v) is 4.02. The molecule has 1 unspecified atom stereocenters. The summed E-state index contributed by atoms with van der Waals surface area (Å²) in [5.74, 6) is -0.642. The van der Waals surface area contributed by atoms with E-state index in [0.29, 0.717) is 25.4 Å². The van der Waals surface area contributed by atoms with Crippen molar-refractivity contribution in [1.82, 2.24) is 4.90 Å². The highest BCUT2D eigenvalue weighted by Gasteiger charge is 2.15. The van der Waals surface area contributed by atoms with Crippen LogP contribution >= 0.6 is 0 Å². The van der Waals surface area contributed by atoms with Crippen LogP contribution in [-0.2, 0) is 9.59 Å². The average molecular weight is 230 g/mol. The molecule has 16 heavy (non-hydrogen) atoms. The van der Waals surface area contributed by atoms with Crippen molar-refractivity contribution in [2.75, 3.05) is 19.6 Å². The molecule has 0 bridgehead atoms. The number of rotatable bonds is 8. The lowest BCUT2D eigenvalue weighted by atomic mass is 10.0. The van der Waals surface area contributed by atoms with E-state index in [1.54, 1.807) is 6.92 Å². The van der Waals surface area contributed by atoms with E-state index in [2.05, 4.69) is 0 Å². The Balaban J connectivity index is 3.97. The van der Waals surface area contributed by atoms with Gasteiger partial charge in [0.25, 0.3) is 0 Å². The van der Waals surface area contributed by atoms with E-state index >= 15 is 0 Å². The number of nitrogens with two attached hydrogens (primary N) is 1. The van der Waals surface area contributed by atoms with Gasteiger partial charge in [-0.3, -0.25) is 9.59 Å². The summed E-state index contributed by atoms with van der Waals surface area (Å²) in [6, 6.07) is 0. The Morgan fingerprint density at radius 3 is 2.44 bits per heavy atom. The minimum Gasteiger partial charge on any atom is -0.480 e. The quantitative estimate of drug-likeness (QED) is 0.642. The van der Waals surface area contributed by atoms with Gasteiger partial charge in [0.2, 0.25) is 5.91 Å². The van der Waals surface area contributed by atoms with Gasteiger partial charge >= 0.3 is 5.97 Å². The standard InChI is InChI=1S/C11H22N2O3/c1-3-13(8-11(15)16)10(14)5-4-9(2)6-7-12/h9H,3-8,12H2,1-2H3,(H,15,16). The van der Waals surface area contributed by atoms with Crippen LogP contribution in [-0.4, -0.2) is 41.5 Å². The Bertz CT molecular complexity index is 231. The minimum atomic E-state index is -0.967. The molecule has 0 aliphatic carbocycles. The molecule has 0 rings (SSSR count). The molecule has 0 fully saturated rings. The third kappa shape index (κ3) is 6.40. The van der Waals surface area contributed by atoms with Gasteiger partial charge in [-0.2, -0.15) is 0 Å². The first kappa shape index (κ1) is 14.9. The van der Waals surface area contributed by atoms with Gasteiger partial charge in [-0.15, -0.1) is 0 Å². The van der Waals surface area contributed by atoms with Crippen molar-refractivity contribution in [3.63, 3.8) is 0 Å². The SMILES string of the molecule is CCN(CC(=O)O)C(=O)CCC(C)CCN. The second kappa shape index (κ2) is 8.10. The molecule has 0 aromatic carbocycles. The molecule has 94 valence electrons. The number of carboxylic acids is 1. The number of hydrogen-bond acceptors (Lipinski definition) is 3. The average Bonchev–Trinajstić information content (AvgIpc) is 2.22. The van der Waals surface area contributed by atoms with Crippen LogP contribution in [0.1, 0.15) is 33.1 Å². The number of carbonyl (C=O) groups is 2. The number of carboxylic acid groups (broad SMARTS) is 1. The van der Waals surface area contributed by atoms with Gasteiger partial charge in [-0.1, -0.05) is 6.92 Å². The van der Waals surface area contributed by atoms with Gasteiger partial charge in [0.05, 0.1) is 0 Å². The lowest BCUT2D eigenvalue weighted by Gasteiger charge is -2.19. The number of likely N-dealkylation sites (N-methyl/N-ethyl adjacent to an activating group) is 1. The Morgan fingerprint density at radius 1 is 1.38 bits per heavy atom. The summed E-state index contributed by atoms with van der Waals surface area (Å²) in [5.41, 5.74) is 5.41. The van der Waals surface area contributed by atoms with Crippen molar-refractivity contribution < 1.29 is 14.7 Å². The maximum absolute atomic E-state index is 11.6. The van der Waals surface area contributed by atoms with Crippen LogP contribution in [0.2, 0.25) is 0 Å². The van der Waals surface area contributed by atoms with Gasteiger partial charge in [0, 0.05) is 13.0 Å². The number of carbonyl (C=O) groups excluding carboxylic acids is 1. The van der Waals surface area contributed by atoms with Crippen molar-refractivity contribution in [3.05, 3.63) is 0 Å². The molecule has 0 aromatic heterocycles. The molecule has 0 heterocycles. The van der Waals surface area contributed by atoms with Crippen molar-refractivity contribution >= 4 is 11.9 Å². The predicted octanol–water partition coefficient (Wildman–Crippen LogP) is 0.685. The largest absolute Gasteiger partial charge is 0.480 e. The van der Waals surface area contributed by atoms with Crippen molar-refractivity contribution in [3.8, 4) is 0 Å². The molecule has 0 saturated heterocycles. The number of aliphatic carboxylic acids is 1. The van der Waals surface area contributed by atoms with Crippen molar-refractivity contribution in [2.24, 2.45) is 11.7 Å². The second-order valence-electron chi connectivity index (χ2n) is 4.02. The molecule has 0 aromatic rings. The monoisotopic (exact) mass is 230 g/mol. The molecular weight excluding hydrogens is 208 g/mol. The fraction of sp³-hybridized carbons (Fsp3) is 0.818. The molecule has 0 aliphatic rings. The maximum atomic E-state index is 11.6. The molecular formula is C11H22N2O3. The number of hydrogen-bond donors (Lipinski definition) is 2. The highest BCUT2D eigenvalue weighted by atomic mass is 16.4. The molecule has 0 radical (unpaired) electrons. The molecule has 0 spiro atoms. The fourth-order valence-corrected chi connectivity index (χ4v) is 1.50. The normalized spacial score (nSPS) is 12.2. The number of nitrogens with zero attached hydrogens (tertiary/aromatic N) is 1. The summed E-state index contributed by atoms with van der Waals surface area (Å²) >= 11 is 0. The topological polar surface area (TPSA) is 83.6 Å². The van der Waals surface area contributed by atoms with Gasteiger partial charge in [0.1, 0.15) is 6.54 Å². The molecule has 5 heteroatoms. The summed E-state index contributed by atoms with van der Waals surface area (Å²) in [6.45, 7) is 4.69. The van der Waals surface area contributed by atoms with Gasteiger partial charge < -0.3 is 15.7 Å². The lowest BCUT2D eigenvalue weighted by Crippen LogP contribution is -2.35. The maximum Gasteiger partial charge on any atom is 0.323 e. The van der Waals surface area contributed by atoms with Crippen LogP contribution in [0.25, 0.3) is 0 Å². The van der Waals surface area contributed by atoms with E-state index < -0.39 is 5.97 Å². The smallest absolute Gasteiger partial charge is 0.323 e.